The summed E-state index contributed by atoms with van der Waals surface area (Å²) in [7, 11) is 0. The normalized spacial score (nSPS) is 25.6. The molecule has 0 bridgehead atoms. The molecule has 1 amide bonds. The largest absolute Gasteiger partial charge is 0.368 e. The zero-order valence-corrected chi connectivity index (χ0v) is 15.2. The van der Waals surface area contributed by atoms with Crippen molar-refractivity contribution in [2.45, 2.75) is 63.1 Å². The molecule has 0 aromatic carbocycles. The lowest BCUT2D eigenvalue weighted by Gasteiger charge is -2.25. The number of nitrogens with two attached hydrogens (primary N) is 1. The maximum atomic E-state index is 12.3. The van der Waals surface area contributed by atoms with E-state index in [1.807, 2.05) is 0 Å². The quantitative estimate of drug-likeness (QED) is 0.761. The summed E-state index contributed by atoms with van der Waals surface area (Å²) >= 11 is 0. The molecule has 2 aromatic rings. The van der Waals surface area contributed by atoms with E-state index in [4.69, 9.17) is 15.0 Å². The third kappa shape index (κ3) is 4.33. The van der Waals surface area contributed by atoms with E-state index in [2.05, 4.69) is 25.8 Å². The van der Waals surface area contributed by atoms with Gasteiger partial charge in [0.1, 0.15) is 6.10 Å². The Bertz CT molecular complexity index is 760. The summed E-state index contributed by atoms with van der Waals surface area (Å²) in [4.78, 5) is 16.6. The maximum absolute atomic E-state index is 12.3. The van der Waals surface area contributed by atoms with Gasteiger partial charge in [0.15, 0.2) is 11.5 Å². The van der Waals surface area contributed by atoms with Crippen LogP contribution in [0.1, 0.15) is 72.9 Å². The number of ether oxygens (including phenoxy) is 1. The van der Waals surface area contributed by atoms with Crippen LogP contribution in [0.3, 0.4) is 0 Å². The maximum Gasteiger partial charge on any atom is 0.273 e. The smallest absolute Gasteiger partial charge is 0.273 e. The van der Waals surface area contributed by atoms with Crippen LogP contribution in [0, 0.1) is 0 Å². The van der Waals surface area contributed by atoms with Crippen LogP contribution in [0.2, 0.25) is 0 Å². The third-order valence-corrected chi connectivity index (χ3v) is 5.18. The Kier molecular flexibility index (Phi) is 5.44. The number of hydrogen-bond donors (Lipinski definition) is 2. The Morgan fingerprint density at radius 2 is 2.15 bits per heavy atom. The van der Waals surface area contributed by atoms with E-state index in [9.17, 15) is 4.79 Å². The topological polar surface area (TPSA) is 134 Å². The monoisotopic (exact) mass is 375 g/mol. The third-order valence-electron chi connectivity index (χ3n) is 5.18. The summed E-state index contributed by atoms with van der Waals surface area (Å²) in [6.07, 6.45) is 7.90. The second-order valence-corrected chi connectivity index (χ2v) is 7.21. The molecule has 4 rings (SSSR count). The van der Waals surface area contributed by atoms with Crippen molar-refractivity contribution in [3.8, 4) is 0 Å². The van der Waals surface area contributed by atoms with Gasteiger partial charge in [0.05, 0.1) is 12.2 Å². The number of hydrogen-bond acceptors (Lipinski definition) is 8. The fourth-order valence-electron chi connectivity index (χ4n) is 3.58. The lowest BCUT2D eigenvalue weighted by atomic mass is 9.92. The highest BCUT2D eigenvalue weighted by Gasteiger charge is 2.24. The van der Waals surface area contributed by atoms with Gasteiger partial charge in [-0.15, -0.1) is 5.10 Å². The number of nitrogens with zero attached hydrogens (tertiary/aromatic N) is 5. The van der Waals surface area contributed by atoms with Gasteiger partial charge in [-0.1, -0.05) is 10.4 Å². The SMILES string of the molecule is NC1CCC(n2cc(C(=O)NCCc3noc([C@H]4CCCO4)n3)nn2)CC1. The van der Waals surface area contributed by atoms with E-state index in [-0.39, 0.29) is 24.1 Å². The van der Waals surface area contributed by atoms with Crippen LogP contribution in [0.5, 0.6) is 0 Å². The summed E-state index contributed by atoms with van der Waals surface area (Å²) < 4.78 is 12.5. The molecule has 0 spiro atoms. The number of rotatable bonds is 6. The van der Waals surface area contributed by atoms with Gasteiger partial charge >= 0.3 is 0 Å². The van der Waals surface area contributed by atoms with E-state index < -0.39 is 0 Å². The average Bonchev–Trinajstić information content (AvgIpc) is 3.43. The molecule has 1 saturated heterocycles. The highest BCUT2D eigenvalue weighted by atomic mass is 16.5. The molecule has 3 N–H and O–H groups in total. The summed E-state index contributed by atoms with van der Waals surface area (Å²) in [5.74, 6) is 0.823. The molecular weight excluding hydrogens is 350 g/mol. The number of nitrogens with one attached hydrogen (secondary N) is 1. The molecule has 3 heterocycles. The van der Waals surface area contributed by atoms with Crippen molar-refractivity contribution in [3.05, 3.63) is 23.6 Å². The Hall–Kier alpha value is -2.33. The minimum absolute atomic E-state index is 0.0924. The first-order chi connectivity index (χ1) is 13.2. The second-order valence-electron chi connectivity index (χ2n) is 7.21. The van der Waals surface area contributed by atoms with Crippen molar-refractivity contribution >= 4 is 5.91 Å². The minimum atomic E-state index is -0.253. The minimum Gasteiger partial charge on any atom is -0.368 e. The average molecular weight is 375 g/mol. The van der Waals surface area contributed by atoms with E-state index in [0.717, 1.165) is 45.1 Å². The number of amides is 1. The lowest BCUT2D eigenvalue weighted by Crippen LogP contribution is -2.28. The molecule has 2 aliphatic rings. The summed E-state index contributed by atoms with van der Waals surface area (Å²) in [6.45, 7) is 1.13. The Morgan fingerprint density at radius 3 is 2.93 bits per heavy atom. The summed E-state index contributed by atoms with van der Waals surface area (Å²) in [6, 6.07) is 0.549. The van der Waals surface area contributed by atoms with Crippen LogP contribution in [-0.4, -0.2) is 50.2 Å². The molecule has 2 fully saturated rings. The molecule has 1 aliphatic carbocycles. The van der Waals surface area contributed by atoms with Gasteiger partial charge in [-0.3, -0.25) is 4.79 Å². The molecule has 10 heteroatoms. The van der Waals surface area contributed by atoms with Gasteiger partial charge in [-0.05, 0) is 38.5 Å². The van der Waals surface area contributed by atoms with Crippen molar-refractivity contribution in [1.82, 2.24) is 30.5 Å². The first-order valence-corrected chi connectivity index (χ1v) is 9.59. The standard InChI is InChI=1S/C17H25N7O3/c18-11-3-5-12(6-4-11)24-10-13(21-23-24)16(25)19-8-7-15-20-17(27-22-15)14-2-1-9-26-14/h10-12,14H,1-9,18H2,(H,19,25)/t11?,12?,14-/m1/s1. The van der Waals surface area contributed by atoms with E-state index >= 15 is 0 Å². The van der Waals surface area contributed by atoms with Crippen LogP contribution in [0.4, 0.5) is 0 Å². The first kappa shape index (κ1) is 18.1. The van der Waals surface area contributed by atoms with Crippen LogP contribution >= 0.6 is 0 Å². The molecule has 27 heavy (non-hydrogen) atoms. The van der Waals surface area contributed by atoms with Crippen molar-refractivity contribution in [1.29, 1.82) is 0 Å². The van der Waals surface area contributed by atoms with Gasteiger partial charge in [0.2, 0.25) is 0 Å². The van der Waals surface area contributed by atoms with Crippen LogP contribution < -0.4 is 11.1 Å². The molecular formula is C17H25N7O3. The lowest BCUT2D eigenvalue weighted by molar-refractivity contribution is 0.0835. The Balaban J connectivity index is 1.25. The predicted molar refractivity (Wildman–Crippen MR) is 93.8 cm³/mol. The predicted octanol–water partition coefficient (Wildman–Crippen LogP) is 0.927. The first-order valence-electron chi connectivity index (χ1n) is 9.59. The van der Waals surface area contributed by atoms with Gasteiger partial charge in [0, 0.05) is 25.6 Å². The van der Waals surface area contributed by atoms with Crippen molar-refractivity contribution < 1.29 is 14.1 Å². The van der Waals surface area contributed by atoms with E-state index in [1.54, 1.807) is 10.9 Å². The number of carbonyl (C=O) groups excluding carboxylic acids is 1. The highest BCUT2D eigenvalue weighted by Crippen LogP contribution is 2.27. The van der Waals surface area contributed by atoms with Crippen LogP contribution in [0.15, 0.2) is 10.7 Å². The zero-order valence-electron chi connectivity index (χ0n) is 15.2. The van der Waals surface area contributed by atoms with Gasteiger partial charge in [-0.25, -0.2) is 4.68 Å². The van der Waals surface area contributed by atoms with Gasteiger partial charge < -0.3 is 20.3 Å². The molecule has 0 radical (unpaired) electrons. The highest BCUT2D eigenvalue weighted by molar-refractivity contribution is 5.91. The molecule has 1 aliphatic heterocycles. The fourth-order valence-corrected chi connectivity index (χ4v) is 3.58. The number of carbonyl (C=O) groups is 1. The molecule has 1 atom stereocenters. The van der Waals surface area contributed by atoms with E-state index in [0.29, 0.717) is 30.4 Å². The van der Waals surface area contributed by atoms with Gasteiger partial charge in [-0.2, -0.15) is 4.98 Å². The van der Waals surface area contributed by atoms with E-state index in [1.165, 1.54) is 0 Å². The van der Waals surface area contributed by atoms with Crippen molar-refractivity contribution in [2.24, 2.45) is 5.73 Å². The van der Waals surface area contributed by atoms with Crippen LogP contribution in [0.25, 0.3) is 0 Å². The van der Waals surface area contributed by atoms with Crippen molar-refractivity contribution in [3.63, 3.8) is 0 Å². The fraction of sp³-hybridized carbons (Fsp3) is 0.706. The number of aromatic nitrogens is 5. The summed E-state index contributed by atoms with van der Waals surface area (Å²) in [5, 5.41) is 14.9. The van der Waals surface area contributed by atoms with Crippen LogP contribution in [-0.2, 0) is 11.2 Å². The molecule has 1 saturated carbocycles. The molecule has 10 nitrogen and oxygen atoms in total. The molecule has 146 valence electrons. The van der Waals surface area contributed by atoms with Gasteiger partial charge in [0.25, 0.3) is 11.8 Å². The molecule has 0 unspecified atom stereocenters. The zero-order chi connectivity index (χ0) is 18.6. The van der Waals surface area contributed by atoms with Crippen molar-refractivity contribution in [2.75, 3.05) is 13.2 Å². The summed E-state index contributed by atoms with van der Waals surface area (Å²) in [5.41, 5.74) is 6.25. The Morgan fingerprint density at radius 1 is 1.30 bits per heavy atom. The second kappa shape index (κ2) is 8.13. The molecule has 2 aromatic heterocycles. The Labute approximate surface area is 156 Å².